The molecule has 1 aromatic heterocycles. The van der Waals surface area contributed by atoms with Gasteiger partial charge in [-0.25, -0.2) is 13.8 Å². The van der Waals surface area contributed by atoms with Crippen LogP contribution < -0.4 is 0 Å². The van der Waals surface area contributed by atoms with E-state index < -0.39 is 17.6 Å². The number of ether oxygens (including phenoxy) is 1. The van der Waals surface area contributed by atoms with Gasteiger partial charge in [-0.15, -0.1) is 0 Å². The van der Waals surface area contributed by atoms with Crippen molar-refractivity contribution in [2.45, 2.75) is 26.5 Å². The molecule has 0 bridgehead atoms. The first-order valence-corrected chi connectivity index (χ1v) is 5.46. The summed E-state index contributed by atoms with van der Waals surface area (Å²) in [5.41, 5.74) is 0.654. The van der Waals surface area contributed by atoms with Crippen molar-refractivity contribution < 1.29 is 18.3 Å². The molecule has 0 unspecified atom stereocenters. The SMILES string of the molecule is CC(C)OC(=O)Cn1cnc2cc(F)c(F)cc21. The van der Waals surface area contributed by atoms with Crippen LogP contribution in [0.5, 0.6) is 0 Å². The van der Waals surface area contributed by atoms with Crippen molar-refractivity contribution in [3.05, 3.63) is 30.1 Å². The zero-order valence-corrected chi connectivity index (χ0v) is 9.98. The van der Waals surface area contributed by atoms with Gasteiger partial charge in [0, 0.05) is 12.1 Å². The minimum atomic E-state index is -0.971. The van der Waals surface area contributed by atoms with Crippen LogP contribution in [0.2, 0.25) is 0 Å². The minimum Gasteiger partial charge on any atom is -0.462 e. The molecule has 1 heterocycles. The fourth-order valence-electron chi connectivity index (χ4n) is 1.62. The monoisotopic (exact) mass is 254 g/mol. The van der Waals surface area contributed by atoms with Crippen molar-refractivity contribution in [2.24, 2.45) is 0 Å². The first kappa shape index (κ1) is 12.5. The molecule has 18 heavy (non-hydrogen) atoms. The third-order valence-electron chi connectivity index (χ3n) is 2.33. The Hall–Kier alpha value is -1.98. The molecule has 1 aromatic carbocycles. The molecule has 0 saturated carbocycles. The maximum absolute atomic E-state index is 13.1. The average molecular weight is 254 g/mol. The van der Waals surface area contributed by atoms with Crippen LogP contribution in [0.1, 0.15) is 13.8 Å². The molecule has 6 heteroatoms. The Morgan fingerprint density at radius 2 is 2.06 bits per heavy atom. The van der Waals surface area contributed by atoms with Crippen LogP contribution in [-0.4, -0.2) is 21.6 Å². The number of nitrogens with zero attached hydrogens (tertiary/aromatic N) is 2. The van der Waals surface area contributed by atoms with Crippen molar-refractivity contribution in [3.63, 3.8) is 0 Å². The van der Waals surface area contributed by atoms with Crippen LogP contribution in [0.3, 0.4) is 0 Å². The number of halogens is 2. The van der Waals surface area contributed by atoms with Crippen molar-refractivity contribution in [1.29, 1.82) is 0 Å². The summed E-state index contributed by atoms with van der Waals surface area (Å²) in [6.07, 6.45) is 1.13. The third kappa shape index (κ3) is 2.47. The second kappa shape index (κ2) is 4.72. The number of rotatable bonds is 3. The zero-order chi connectivity index (χ0) is 13.3. The number of esters is 1. The number of hydrogen-bond acceptors (Lipinski definition) is 3. The van der Waals surface area contributed by atoms with Gasteiger partial charge in [-0.1, -0.05) is 0 Å². The molecule has 2 aromatic rings. The highest BCUT2D eigenvalue weighted by atomic mass is 19.2. The second-order valence-corrected chi connectivity index (χ2v) is 4.17. The lowest BCUT2D eigenvalue weighted by Gasteiger charge is -2.08. The Kier molecular flexibility index (Phi) is 3.27. The van der Waals surface area contributed by atoms with E-state index in [0.29, 0.717) is 11.0 Å². The number of fused-ring (bicyclic) bond motifs is 1. The van der Waals surface area contributed by atoms with Crippen LogP contribution in [-0.2, 0) is 16.1 Å². The number of hydrogen-bond donors (Lipinski definition) is 0. The van der Waals surface area contributed by atoms with E-state index >= 15 is 0 Å². The molecule has 0 spiro atoms. The van der Waals surface area contributed by atoms with E-state index in [4.69, 9.17) is 4.74 Å². The fourth-order valence-corrected chi connectivity index (χ4v) is 1.62. The summed E-state index contributed by atoms with van der Waals surface area (Å²) in [5.74, 6) is -2.38. The van der Waals surface area contributed by atoms with Crippen molar-refractivity contribution >= 4 is 17.0 Å². The van der Waals surface area contributed by atoms with Crippen LogP contribution in [0.15, 0.2) is 18.5 Å². The summed E-state index contributed by atoms with van der Waals surface area (Å²) in [6, 6.07) is 2.01. The summed E-state index contributed by atoms with van der Waals surface area (Å²) in [4.78, 5) is 15.4. The van der Waals surface area contributed by atoms with Gasteiger partial charge in [0.1, 0.15) is 6.54 Å². The predicted octanol–water partition coefficient (Wildman–Crippen LogP) is 2.27. The van der Waals surface area contributed by atoms with Crippen LogP contribution in [0.25, 0.3) is 11.0 Å². The van der Waals surface area contributed by atoms with Gasteiger partial charge in [0.05, 0.1) is 23.5 Å². The topological polar surface area (TPSA) is 44.1 Å². The van der Waals surface area contributed by atoms with Gasteiger partial charge >= 0.3 is 5.97 Å². The molecule has 0 N–H and O–H groups in total. The van der Waals surface area contributed by atoms with Gasteiger partial charge in [-0.3, -0.25) is 4.79 Å². The van der Waals surface area contributed by atoms with E-state index in [1.807, 2.05) is 0 Å². The van der Waals surface area contributed by atoms with Gasteiger partial charge < -0.3 is 9.30 Å². The lowest BCUT2D eigenvalue weighted by molar-refractivity contribution is -0.148. The summed E-state index contributed by atoms with van der Waals surface area (Å²) in [6.45, 7) is 3.39. The smallest absolute Gasteiger partial charge is 0.326 e. The average Bonchev–Trinajstić information content (AvgIpc) is 2.61. The van der Waals surface area contributed by atoms with E-state index in [9.17, 15) is 13.6 Å². The molecule has 0 aliphatic rings. The number of carbonyl (C=O) groups excluding carboxylic acids is 1. The van der Waals surface area contributed by atoms with Crippen LogP contribution >= 0.6 is 0 Å². The third-order valence-corrected chi connectivity index (χ3v) is 2.33. The number of imidazole rings is 1. The molecule has 0 atom stereocenters. The molecule has 4 nitrogen and oxygen atoms in total. The second-order valence-electron chi connectivity index (χ2n) is 4.17. The first-order chi connectivity index (χ1) is 8.47. The number of benzene rings is 1. The van der Waals surface area contributed by atoms with Gasteiger partial charge in [-0.05, 0) is 13.8 Å². The normalized spacial score (nSPS) is 11.2. The quantitative estimate of drug-likeness (QED) is 0.789. The molecule has 0 radical (unpaired) electrons. The molecule has 0 aliphatic heterocycles. The summed E-state index contributed by atoms with van der Waals surface area (Å²) < 4.78 is 32.5. The highest BCUT2D eigenvalue weighted by molar-refractivity contribution is 5.78. The van der Waals surface area contributed by atoms with Gasteiger partial charge in [0.15, 0.2) is 11.6 Å². The first-order valence-electron chi connectivity index (χ1n) is 5.46. The molecular formula is C12H12F2N2O2. The fraction of sp³-hybridized carbons (Fsp3) is 0.333. The van der Waals surface area contributed by atoms with E-state index in [0.717, 1.165) is 12.1 Å². The zero-order valence-electron chi connectivity index (χ0n) is 9.98. The van der Waals surface area contributed by atoms with E-state index in [2.05, 4.69) is 4.98 Å². The Morgan fingerprint density at radius 3 is 2.72 bits per heavy atom. The van der Waals surface area contributed by atoms with Gasteiger partial charge in [0.2, 0.25) is 0 Å². The van der Waals surface area contributed by atoms with Crippen molar-refractivity contribution in [1.82, 2.24) is 9.55 Å². The molecule has 0 saturated heterocycles. The van der Waals surface area contributed by atoms with E-state index in [-0.39, 0.29) is 12.6 Å². The summed E-state index contributed by atoms with van der Waals surface area (Å²) >= 11 is 0. The van der Waals surface area contributed by atoms with E-state index in [1.54, 1.807) is 13.8 Å². The minimum absolute atomic E-state index is 0.0836. The Morgan fingerprint density at radius 1 is 1.39 bits per heavy atom. The lowest BCUT2D eigenvalue weighted by Crippen LogP contribution is -2.17. The van der Waals surface area contributed by atoms with Crippen molar-refractivity contribution in [3.8, 4) is 0 Å². The van der Waals surface area contributed by atoms with Gasteiger partial charge in [-0.2, -0.15) is 0 Å². The predicted molar refractivity (Wildman–Crippen MR) is 60.9 cm³/mol. The lowest BCUT2D eigenvalue weighted by atomic mass is 10.3. The molecule has 2 rings (SSSR count). The molecule has 0 aliphatic carbocycles. The number of carbonyl (C=O) groups is 1. The maximum Gasteiger partial charge on any atom is 0.326 e. The highest BCUT2D eigenvalue weighted by Crippen LogP contribution is 2.17. The molecule has 0 amide bonds. The largest absolute Gasteiger partial charge is 0.462 e. The Labute approximate surface area is 102 Å². The Bertz CT molecular complexity index is 593. The van der Waals surface area contributed by atoms with Crippen LogP contribution in [0, 0.1) is 11.6 Å². The highest BCUT2D eigenvalue weighted by Gasteiger charge is 2.12. The summed E-state index contributed by atoms with van der Waals surface area (Å²) in [7, 11) is 0. The van der Waals surface area contributed by atoms with E-state index in [1.165, 1.54) is 10.9 Å². The standard InChI is InChI=1S/C12H12F2N2O2/c1-7(2)18-12(17)5-16-6-15-10-3-8(13)9(14)4-11(10)16/h3-4,6-7H,5H2,1-2H3. The molecular weight excluding hydrogens is 242 g/mol. The van der Waals surface area contributed by atoms with Crippen molar-refractivity contribution in [2.75, 3.05) is 0 Å². The van der Waals surface area contributed by atoms with Gasteiger partial charge in [0.25, 0.3) is 0 Å². The summed E-state index contributed by atoms with van der Waals surface area (Å²) in [5, 5.41) is 0. The molecule has 0 fully saturated rings. The molecule has 96 valence electrons. The van der Waals surface area contributed by atoms with Crippen LogP contribution in [0.4, 0.5) is 8.78 Å². The number of aromatic nitrogens is 2. The maximum atomic E-state index is 13.1. The Balaban J connectivity index is 2.29.